The number of pyridine rings is 2. The van der Waals surface area contributed by atoms with E-state index in [0.29, 0.717) is 11.3 Å². The summed E-state index contributed by atoms with van der Waals surface area (Å²) in [6.07, 6.45) is 4.47. The molecule has 0 unspecified atom stereocenters. The summed E-state index contributed by atoms with van der Waals surface area (Å²) in [5, 5.41) is 3.23. The number of aryl methyl sites for hydroxylation is 1. The zero-order valence-electron chi connectivity index (χ0n) is 11.6. The van der Waals surface area contributed by atoms with Gasteiger partial charge in [-0.2, -0.15) is 0 Å². The SMILES string of the molecule is COC(=O)c1ccc(NCCc2cccnc2)nc1C. The number of methoxy groups -OCH3 is 1. The number of hydrogen-bond acceptors (Lipinski definition) is 5. The fourth-order valence-corrected chi connectivity index (χ4v) is 1.87. The zero-order valence-corrected chi connectivity index (χ0v) is 11.6. The number of nitrogens with one attached hydrogen (secondary N) is 1. The second kappa shape index (κ2) is 6.65. The largest absolute Gasteiger partial charge is 0.465 e. The summed E-state index contributed by atoms with van der Waals surface area (Å²) < 4.78 is 4.69. The van der Waals surface area contributed by atoms with Crippen molar-refractivity contribution in [3.05, 3.63) is 53.5 Å². The Kier molecular flexibility index (Phi) is 4.65. The minimum absolute atomic E-state index is 0.364. The Labute approximate surface area is 118 Å². The van der Waals surface area contributed by atoms with Crippen molar-refractivity contribution in [1.82, 2.24) is 9.97 Å². The van der Waals surface area contributed by atoms with Crippen LogP contribution >= 0.6 is 0 Å². The van der Waals surface area contributed by atoms with Crippen LogP contribution in [0, 0.1) is 6.92 Å². The van der Waals surface area contributed by atoms with Crippen molar-refractivity contribution >= 4 is 11.8 Å². The van der Waals surface area contributed by atoms with Gasteiger partial charge in [0, 0.05) is 18.9 Å². The molecule has 2 aromatic heterocycles. The van der Waals surface area contributed by atoms with Gasteiger partial charge in [0.1, 0.15) is 5.82 Å². The first-order valence-electron chi connectivity index (χ1n) is 6.39. The number of rotatable bonds is 5. The number of hydrogen-bond donors (Lipinski definition) is 1. The highest BCUT2D eigenvalue weighted by molar-refractivity contribution is 5.90. The Bertz CT molecular complexity index is 585. The molecular formula is C15H17N3O2. The smallest absolute Gasteiger partial charge is 0.339 e. The molecule has 0 atom stereocenters. The van der Waals surface area contributed by atoms with Crippen LogP contribution in [0.5, 0.6) is 0 Å². The van der Waals surface area contributed by atoms with Crippen LogP contribution in [0.1, 0.15) is 21.6 Å². The number of nitrogens with zero attached hydrogens (tertiary/aromatic N) is 2. The lowest BCUT2D eigenvalue weighted by atomic mass is 10.2. The number of carbonyl (C=O) groups excluding carboxylic acids is 1. The Morgan fingerprint density at radius 3 is 2.85 bits per heavy atom. The van der Waals surface area contributed by atoms with E-state index in [9.17, 15) is 4.79 Å². The molecule has 0 aliphatic rings. The molecule has 104 valence electrons. The molecule has 20 heavy (non-hydrogen) atoms. The summed E-state index contributed by atoms with van der Waals surface area (Å²) in [7, 11) is 1.36. The maximum Gasteiger partial charge on any atom is 0.339 e. The van der Waals surface area contributed by atoms with Crippen LogP contribution in [0.2, 0.25) is 0 Å². The lowest BCUT2D eigenvalue weighted by Crippen LogP contribution is -2.10. The van der Waals surface area contributed by atoms with Gasteiger partial charge in [-0.05, 0) is 37.1 Å². The van der Waals surface area contributed by atoms with Gasteiger partial charge in [-0.15, -0.1) is 0 Å². The highest BCUT2D eigenvalue weighted by atomic mass is 16.5. The molecular weight excluding hydrogens is 254 g/mol. The van der Waals surface area contributed by atoms with E-state index >= 15 is 0 Å². The van der Waals surface area contributed by atoms with Gasteiger partial charge in [0.25, 0.3) is 0 Å². The monoisotopic (exact) mass is 271 g/mol. The average Bonchev–Trinajstić information content (AvgIpc) is 2.48. The Morgan fingerprint density at radius 1 is 1.35 bits per heavy atom. The summed E-state index contributed by atoms with van der Waals surface area (Å²) >= 11 is 0. The molecule has 0 spiro atoms. The molecule has 0 fully saturated rings. The molecule has 0 radical (unpaired) electrons. The van der Waals surface area contributed by atoms with Crippen molar-refractivity contribution in [3.63, 3.8) is 0 Å². The van der Waals surface area contributed by atoms with Crippen LogP contribution in [0.25, 0.3) is 0 Å². The van der Waals surface area contributed by atoms with E-state index in [1.165, 1.54) is 12.7 Å². The third kappa shape index (κ3) is 3.54. The summed E-state index contributed by atoms with van der Waals surface area (Å²) in [4.78, 5) is 19.9. The van der Waals surface area contributed by atoms with Crippen molar-refractivity contribution in [3.8, 4) is 0 Å². The first-order chi connectivity index (χ1) is 9.70. The Balaban J connectivity index is 1.94. The van der Waals surface area contributed by atoms with Gasteiger partial charge in [0.05, 0.1) is 18.4 Å². The van der Waals surface area contributed by atoms with Gasteiger partial charge in [0.2, 0.25) is 0 Å². The van der Waals surface area contributed by atoms with Crippen molar-refractivity contribution < 1.29 is 9.53 Å². The molecule has 2 heterocycles. The summed E-state index contributed by atoms with van der Waals surface area (Å²) in [6.45, 7) is 2.55. The summed E-state index contributed by atoms with van der Waals surface area (Å²) in [5.74, 6) is 0.385. The van der Waals surface area contributed by atoms with Gasteiger partial charge in [-0.3, -0.25) is 4.98 Å². The number of aromatic nitrogens is 2. The minimum atomic E-state index is -0.364. The van der Waals surface area contributed by atoms with Crippen LogP contribution in [-0.4, -0.2) is 29.6 Å². The van der Waals surface area contributed by atoms with Crippen molar-refractivity contribution in [2.75, 3.05) is 19.0 Å². The van der Waals surface area contributed by atoms with E-state index < -0.39 is 0 Å². The quantitative estimate of drug-likeness (QED) is 0.845. The molecule has 1 N–H and O–H groups in total. The van der Waals surface area contributed by atoms with Crippen LogP contribution in [-0.2, 0) is 11.2 Å². The average molecular weight is 271 g/mol. The van der Waals surface area contributed by atoms with Gasteiger partial charge in [0.15, 0.2) is 0 Å². The van der Waals surface area contributed by atoms with E-state index in [0.717, 1.165) is 18.8 Å². The van der Waals surface area contributed by atoms with Crippen LogP contribution < -0.4 is 5.32 Å². The third-order valence-electron chi connectivity index (χ3n) is 2.93. The Morgan fingerprint density at radius 2 is 2.20 bits per heavy atom. The normalized spacial score (nSPS) is 10.1. The molecule has 0 aliphatic heterocycles. The predicted octanol–water partition coefficient (Wildman–Crippen LogP) is 2.23. The van der Waals surface area contributed by atoms with Gasteiger partial charge >= 0.3 is 5.97 Å². The predicted molar refractivity (Wildman–Crippen MR) is 76.7 cm³/mol. The maximum atomic E-state index is 11.5. The minimum Gasteiger partial charge on any atom is -0.465 e. The lowest BCUT2D eigenvalue weighted by molar-refractivity contribution is 0.0599. The molecule has 5 heteroatoms. The van der Waals surface area contributed by atoms with E-state index in [1.807, 2.05) is 18.3 Å². The van der Waals surface area contributed by atoms with Crippen LogP contribution in [0.4, 0.5) is 5.82 Å². The first kappa shape index (κ1) is 14.0. The second-order valence-corrected chi connectivity index (χ2v) is 4.36. The molecule has 2 rings (SSSR count). The summed E-state index contributed by atoms with van der Waals surface area (Å²) in [5.41, 5.74) is 2.32. The molecule has 0 saturated heterocycles. The summed E-state index contributed by atoms with van der Waals surface area (Å²) in [6, 6.07) is 7.46. The van der Waals surface area contributed by atoms with E-state index in [1.54, 1.807) is 25.3 Å². The standard InChI is InChI=1S/C15H17N3O2/c1-11-13(15(19)20-2)5-6-14(18-11)17-9-7-12-4-3-8-16-10-12/h3-6,8,10H,7,9H2,1-2H3,(H,17,18). The van der Waals surface area contributed by atoms with Gasteiger partial charge < -0.3 is 10.1 Å². The van der Waals surface area contributed by atoms with Gasteiger partial charge in [-0.1, -0.05) is 6.07 Å². The van der Waals surface area contributed by atoms with E-state index in [-0.39, 0.29) is 5.97 Å². The molecule has 0 bridgehead atoms. The van der Waals surface area contributed by atoms with Crippen LogP contribution in [0.3, 0.4) is 0 Å². The third-order valence-corrected chi connectivity index (χ3v) is 2.93. The van der Waals surface area contributed by atoms with E-state index in [4.69, 9.17) is 0 Å². The highest BCUT2D eigenvalue weighted by Crippen LogP contribution is 2.11. The Hall–Kier alpha value is -2.43. The fraction of sp³-hybridized carbons (Fsp3) is 0.267. The van der Waals surface area contributed by atoms with Crippen molar-refractivity contribution in [2.24, 2.45) is 0 Å². The molecule has 2 aromatic rings. The van der Waals surface area contributed by atoms with Crippen molar-refractivity contribution in [2.45, 2.75) is 13.3 Å². The van der Waals surface area contributed by atoms with Crippen LogP contribution in [0.15, 0.2) is 36.7 Å². The van der Waals surface area contributed by atoms with E-state index in [2.05, 4.69) is 20.0 Å². The molecule has 0 aliphatic carbocycles. The number of carbonyl (C=O) groups is 1. The van der Waals surface area contributed by atoms with Crippen molar-refractivity contribution in [1.29, 1.82) is 0 Å². The number of ether oxygens (including phenoxy) is 1. The molecule has 0 aromatic carbocycles. The van der Waals surface area contributed by atoms with Gasteiger partial charge in [-0.25, -0.2) is 9.78 Å². The highest BCUT2D eigenvalue weighted by Gasteiger charge is 2.10. The topological polar surface area (TPSA) is 64.1 Å². The zero-order chi connectivity index (χ0) is 14.4. The molecule has 5 nitrogen and oxygen atoms in total. The first-order valence-corrected chi connectivity index (χ1v) is 6.39. The number of anilines is 1. The number of esters is 1. The fourth-order valence-electron chi connectivity index (χ4n) is 1.87. The maximum absolute atomic E-state index is 11.5. The molecule has 0 amide bonds. The molecule has 0 saturated carbocycles. The second-order valence-electron chi connectivity index (χ2n) is 4.36. The lowest BCUT2D eigenvalue weighted by Gasteiger charge is -2.08.